The summed E-state index contributed by atoms with van der Waals surface area (Å²) in [7, 11) is 0. The minimum atomic E-state index is -0.504. The van der Waals surface area contributed by atoms with Crippen LogP contribution in [0.4, 0.5) is 11.4 Å². The first-order valence-corrected chi connectivity index (χ1v) is 13.4. The number of hydrogen-bond donors (Lipinski definition) is 2. The normalized spacial score (nSPS) is 10.4. The zero-order valence-corrected chi connectivity index (χ0v) is 24.7. The van der Waals surface area contributed by atoms with Gasteiger partial charge in [0.15, 0.2) is 0 Å². The molecule has 0 bridgehead atoms. The Labute approximate surface area is 229 Å². The van der Waals surface area contributed by atoms with Gasteiger partial charge in [-0.15, -0.1) is 0 Å². The molecule has 0 radical (unpaired) electrons. The molecule has 2 N–H and O–H groups in total. The highest BCUT2D eigenvalue weighted by Crippen LogP contribution is 2.39. The summed E-state index contributed by atoms with van der Waals surface area (Å²) in [5.74, 6) is -1.23. The minimum absolute atomic E-state index is 0.166. The van der Waals surface area contributed by atoms with Gasteiger partial charge in [-0.3, -0.25) is 14.4 Å². The number of halogens is 3. The van der Waals surface area contributed by atoms with Crippen LogP contribution < -0.4 is 10.6 Å². The van der Waals surface area contributed by atoms with Gasteiger partial charge in [0.1, 0.15) is 0 Å². The minimum Gasteiger partial charge on any atom is -0.466 e. The van der Waals surface area contributed by atoms with Crippen molar-refractivity contribution in [1.82, 2.24) is 0 Å². The van der Waals surface area contributed by atoms with E-state index in [-0.39, 0.29) is 24.4 Å². The second-order valence-corrected chi connectivity index (χ2v) is 10.1. The molecule has 0 unspecified atom stereocenters. The molecule has 11 heteroatoms. The molecule has 0 saturated carbocycles. The first kappa shape index (κ1) is 29.3. The van der Waals surface area contributed by atoms with Crippen LogP contribution in [0.15, 0.2) is 0 Å². The maximum absolute atomic E-state index is 12.8. The Morgan fingerprint density at radius 2 is 1.25 bits per heavy atom. The van der Waals surface area contributed by atoms with Crippen molar-refractivity contribution in [2.24, 2.45) is 0 Å². The maximum atomic E-state index is 12.8. The zero-order chi connectivity index (χ0) is 24.3. The van der Waals surface area contributed by atoms with Gasteiger partial charge in [0, 0.05) is 20.3 Å². The molecular weight excluding hydrogens is 757 g/mol. The van der Waals surface area contributed by atoms with Gasteiger partial charge in [0.2, 0.25) is 11.8 Å². The number of benzene rings is 1. The molecular formula is C21H27I3N2O6. The van der Waals surface area contributed by atoms with Crippen LogP contribution in [-0.4, -0.2) is 37.0 Å². The first-order chi connectivity index (χ1) is 15.1. The molecule has 0 atom stereocenters. The highest BCUT2D eigenvalue weighted by atomic mass is 127. The molecule has 0 fully saturated rings. The maximum Gasteiger partial charge on any atom is 0.340 e. The van der Waals surface area contributed by atoms with Gasteiger partial charge < -0.3 is 20.1 Å². The molecule has 178 valence electrons. The van der Waals surface area contributed by atoms with Crippen LogP contribution in [0, 0.1) is 10.7 Å². The average molecular weight is 784 g/mol. The molecule has 32 heavy (non-hydrogen) atoms. The van der Waals surface area contributed by atoms with Gasteiger partial charge in [-0.05, 0) is 87.5 Å². The predicted octanol–water partition coefficient (Wildman–Crippen LogP) is 5.48. The number of ether oxygens (including phenoxy) is 2. The van der Waals surface area contributed by atoms with Crippen LogP contribution in [0.3, 0.4) is 0 Å². The standard InChI is InChI=1S/C21H27I3N2O6/c1-4-31-14(29)10-8-6-5-7-9-11-32-21(30)15-16(22)19(25-12(2)27)18(24)20(17(15)23)26-13(3)28/h4-11H2,1-3H3,(H,25,27)(H,26,28). The lowest BCUT2D eigenvalue weighted by atomic mass is 10.1. The zero-order valence-electron chi connectivity index (χ0n) is 18.2. The molecule has 0 aromatic heterocycles. The Kier molecular flexibility index (Phi) is 14.0. The van der Waals surface area contributed by atoms with E-state index >= 15 is 0 Å². The predicted molar refractivity (Wildman–Crippen MR) is 148 cm³/mol. The number of carbonyl (C=O) groups is 4. The van der Waals surface area contributed by atoms with Gasteiger partial charge in [-0.1, -0.05) is 19.3 Å². The van der Waals surface area contributed by atoms with E-state index in [9.17, 15) is 19.2 Å². The largest absolute Gasteiger partial charge is 0.466 e. The van der Waals surface area contributed by atoms with E-state index < -0.39 is 5.97 Å². The number of hydrogen-bond acceptors (Lipinski definition) is 6. The summed E-state index contributed by atoms with van der Waals surface area (Å²) in [5.41, 5.74) is 1.25. The number of unbranched alkanes of at least 4 members (excludes halogenated alkanes) is 4. The summed E-state index contributed by atoms with van der Waals surface area (Å²) < 4.78 is 12.1. The lowest BCUT2D eigenvalue weighted by Gasteiger charge is -2.19. The summed E-state index contributed by atoms with van der Waals surface area (Å²) in [5, 5.41) is 5.48. The summed E-state index contributed by atoms with van der Waals surface area (Å²) in [6.45, 7) is 5.22. The summed E-state index contributed by atoms with van der Waals surface area (Å²) in [6, 6.07) is 0. The summed E-state index contributed by atoms with van der Waals surface area (Å²) >= 11 is 6.06. The van der Waals surface area contributed by atoms with Crippen molar-refractivity contribution in [2.75, 3.05) is 23.8 Å². The van der Waals surface area contributed by atoms with E-state index in [2.05, 4.69) is 10.6 Å². The average Bonchev–Trinajstić information content (AvgIpc) is 2.70. The summed E-state index contributed by atoms with van der Waals surface area (Å²) in [6.07, 6.45) is 4.66. The van der Waals surface area contributed by atoms with E-state index in [1.54, 1.807) is 6.92 Å². The number of carbonyl (C=O) groups excluding carboxylic acids is 4. The first-order valence-electron chi connectivity index (χ1n) is 10.2. The van der Waals surface area contributed by atoms with Gasteiger partial charge in [-0.25, -0.2) is 4.79 Å². The molecule has 1 aromatic rings. The molecule has 0 aliphatic carbocycles. The van der Waals surface area contributed by atoms with E-state index in [1.165, 1.54) is 13.8 Å². The number of anilines is 2. The summed E-state index contributed by atoms with van der Waals surface area (Å²) in [4.78, 5) is 47.5. The smallest absolute Gasteiger partial charge is 0.340 e. The second-order valence-electron chi connectivity index (χ2n) is 6.89. The van der Waals surface area contributed by atoms with Gasteiger partial charge in [0.25, 0.3) is 0 Å². The van der Waals surface area contributed by atoms with Crippen molar-refractivity contribution in [3.05, 3.63) is 16.3 Å². The van der Waals surface area contributed by atoms with E-state index in [0.29, 0.717) is 47.1 Å². The highest BCUT2D eigenvalue weighted by Gasteiger charge is 2.26. The molecule has 0 saturated heterocycles. The van der Waals surface area contributed by atoms with Crippen molar-refractivity contribution >= 4 is 103 Å². The molecule has 0 heterocycles. The number of rotatable bonds is 12. The van der Waals surface area contributed by atoms with Crippen LogP contribution >= 0.6 is 67.8 Å². The van der Waals surface area contributed by atoms with Gasteiger partial charge in [-0.2, -0.15) is 0 Å². The molecule has 1 aromatic carbocycles. The van der Waals surface area contributed by atoms with Crippen LogP contribution in [-0.2, 0) is 23.9 Å². The van der Waals surface area contributed by atoms with Crippen LogP contribution in [0.5, 0.6) is 0 Å². The number of amides is 2. The number of esters is 2. The Balaban J connectivity index is 2.74. The molecule has 0 spiro atoms. The van der Waals surface area contributed by atoms with Gasteiger partial charge in [0.05, 0.1) is 40.9 Å². The van der Waals surface area contributed by atoms with Crippen molar-refractivity contribution in [2.45, 2.75) is 59.3 Å². The van der Waals surface area contributed by atoms with E-state index in [4.69, 9.17) is 9.47 Å². The topological polar surface area (TPSA) is 111 Å². The third-order valence-electron chi connectivity index (χ3n) is 4.19. The fraction of sp³-hybridized carbons (Fsp3) is 0.524. The van der Waals surface area contributed by atoms with Crippen molar-refractivity contribution in [1.29, 1.82) is 0 Å². The molecule has 0 aliphatic heterocycles. The highest BCUT2D eigenvalue weighted by molar-refractivity contribution is 14.1. The van der Waals surface area contributed by atoms with Crippen molar-refractivity contribution < 1.29 is 28.7 Å². The van der Waals surface area contributed by atoms with Crippen molar-refractivity contribution in [3.63, 3.8) is 0 Å². The molecule has 8 nitrogen and oxygen atoms in total. The van der Waals surface area contributed by atoms with Crippen LogP contribution in [0.25, 0.3) is 0 Å². The van der Waals surface area contributed by atoms with Crippen molar-refractivity contribution in [3.8, 4) is 0 Å². The molecule has 1 rings (SSSR count). The lowest BCUT2D eigenvalue weighted by Crippen LogP contribution is -2.19. The monoisotopic (exact) mass is 784 g/mol. The molecule has 2 amide bonds. The Morgan fingerprint density at radius 1 is 0.750 bits per heavy atom. The SMILES string of the molecule is CCOC(=O)CCCCCCCOC(=O)c1c(I)c(NC(C)=O)c(I)c(NC(C)=O)c1I. The fourth-order valence-electron chi connectivity index (χ4n) is 2.79. The fourth-order valence-corrected chi connectivity index (χ4v) is 6.93. The van der Waals surface area contributed by atoms with E-state index in [1.807, 2.05) is 67.8 Å². The Hall–Kier alpha value is -0.710. The third kappa shape index (κ3) is 9.65. The number of nitrogens with one attached hydrogen (secondary N) is 2. The van der Waals surface area contributed by atoms with Crippen LogP contribution in [0.1, 0.15) is 69.7 Å². The third-order valence-corrected chi connectivity index (χ3v) is 7.42. The Morgan fingerprint density at radius 3 is 1.75 bits per heavy atom. The quantitative estimate of drug-likeness (QED) is 0.165. The lowest BCUT2D eigenvalue weighted by molar-refractivity contribution is -0.143. The van der Waals surface area contributed by atoms with Gasteiger partial charge >= 0.3 is 11.9 Å². The molecule has 0 aliphatic rings. The van der Waals surface area contributed by atoms with E-state index in [0.717, 1.165) is 25.7 Å². The second kappa shape index (κ2) is 15.2. The Bertz CT molecular complexity index is 817. The van der Waals surface area contributed by atoms with Crippen LogP contribution in [0.2, 0.25) is 0 Å².